The molecule has 1 aromatic carbocycles. The number of amides is 1. The third kappa shape index (κ3) is 2.78. The largest absolute Gasteiger partial charge is 0.301 e. The van der Waals surface area contributed by atoms with Gasteiger partial charge in [0.05, 0.1) is 6.54 Å². The van der Waals surface area contributed by atoms with Gasteiger partial charge in [0.25, 0.3) is 5.91 Å². The molecule has 0 bridgehead atoms. The van der Waals surface area contributed by atoms with Gasteiger partial charge in [0.2, 0.25) is 0 Å². The van der Waals surface area contributed by atoms with Crippen LogP contribution in [0, 0.1) is 6.92 Å². The molecule has 0 aliphatic carbocycles. The van der Waals surface area contributed by atoms with Gasteiger partial charge in [-0.15, -0.1) is 11.3 Å². The zero-order valence-corrected chi connectivity index (χ0v) is 12.7. The lowest BCUT2D eigenvalue weighted by molar-refractivity contribution is 0.0982. The van der Waals surface area contributed by atoms with E-state index in [2.05, 4.69) is 41.5 Å². The van der Waals surface area contributed by atoms with Gasteiger partial charge in [-0.05, 0) is 23.9 Å². The van der Waals surface area contributed by atoms with Gasteiger partial charge in [-0.1, -0.05) is 41.6 Å². The summed E-state index contributed by atoms with van der Waals surface area (Å²) in [5.74, 6) is 0.883. The topological polar surface area (TPSA) is 41.5 Å². The normalized spacial score (nSPS) is 14.2. The molecule has 20 heavy (non-hydrogen) atoms. The van der Waals surface area contributed by atoms with Crippen molar-refractivity contribution in [3.63, 3.8) is 0 Å². The number of hydrogen-bond donors (Lipinski definition) is 1. The monoisotopic (exact) mass is 302 g/mol. The van der Waals surface area contributed by atoms with Crippen LogP contribution >= 0.6 is 23.1 Å². The number of amidine groups is 1. The minimum Gasteiger partial charge on any atom is -0.301 e. The molecule has 1 aliphatic heterocycles. The highest BCUT2D eigenvalue weighted by Crippen LogP contribution is 2.28. The molecule has 1 aromatic heterocycles. The third-order valence-electron chi connectivity index (χ3n) is 3.04. The van der Waals surface area contributed by atoms with E-state index < -0.39 is 0 Å². The van der Waals surface area contributed by atoms with Crippen LogP contribution in [0.4, 0.5) is 0 Å². The molecule has 5 heteroatoms. The summed E-state index contributed by atoms with van der Waals surface area (Å²) in [5.41, 5.74) is 3.27. The first kappa shape index (κ1) is 13.4. The first-order valence-corrected chi connectivity index (χ1v) is 8.24. The Labute approximate surface area is 126 Å². The van der Waals surface area contributed by atoms with Crippen molar-refractivity contribution in [2.75, 3.05) is 12.3 Å². The number of hydrogen-bond acceptors (Lipinski definition) is 4. The molecule has 1 amide bonds. The Morgan fingerprint density at radius 3 is 2.75 bits per heavy atom. The van der Waals surface area contributed by atoms with E-state index in [1.807, 2.05) is 11.4 Å². The van der Waals surface area contributed by atoms with Crippen LogP contribution in [0.3, 0.4) is 0 Å². The molecule has 3 rings (SSSR count). The Kier molecular flexibility index (Phi) is 3.89. The first-order valence-electron chi connectivity index (χ1n) is 6.37. The van der Waals surface area contributed by atoms with Crippen molar-refractivity contribution in [3.8, 4) is 11.1 Å². The fraction of sp³-hybridized carbons (Fsp3) is 0.200. The maximum absolute atomic E-state index is 12.3. The highest BCUT2D eigenvalue weighted by Gasteiger charge is 2.17. The number of aliphatic imine (C=N–C) groups is 1. The van der Waals surface area contributed by atoms with Crippen molar-refractivity contribution in [1.29, 1.82) is 0 Å². The number of nitrogens with zero attached hydrogens (tertiary/aromatic N) is 1. The molecule has 3 nitrogen and oxygen atoms in total. The van der Waals surface area contributed by atoms with E-state index >= 15 is 0 Å². The summed E-state index contributed by atoms with van der Waals surface area (Å²) in [6, 6.07) is 10.2. The highest BCUT2D eigenvalue weighted by atomic mass is 32.2. The minimum atomic E-state index is -0.0660. The molecule has 0 radical (unpaired) electrons. The Morgan fingerprint density at radius 1 is 1.25 bits per heavy atom. The Balaban J connectivity index is 1.85. The van der Waals surface area contributed by atoms with E-state index in [9.17, 15) is 4.79 Å². The molecule has 1 N–H and O–H groups in total. The van der Waals surface area contributed by atoms with Gasteiger partial charge >= 0.3 is 0 Å². The summed E-state index contributed by atoms with van der Waals surface area (Å²) in [6.45, 7) is 2.84. The molecule has 0 spiro atoms. The van der Waals surface area contributed by atoms with Crippen LogP contribution in [0.2, 0.25) is 0 Å². The molecule has 0 fully saturated rings. The predicted octanol–water partition coefficient (Wildman–Crippen LogP) is 3.56. The summed E-state index contributed by atoms with van der Waals surface area (Å²) in [6.07, 6.45) is 0. The minimum absolute atomic E-state index is 0.0660. The molecular weight excluding hydrogens is 288 g/mol. The first-order chi connectivity index (χ1) is 9.74. The smallest absolute Gasteiger partial charge is 0.267 e. The van der Waals surface area contributed by atoms with Gasteiger partial charge in [-0.2, -0.15) is 0 Å². The SMILES string of the molecule is Cc1ccc(-c2ccsc2C(=O)NC2=NCCS2)cc1. The summed E-state index contributed by atoms with van der Waals surface area (Å²) in [7, 11) is 0. The van der Waals surface area contributed by atoms with Crippen LogP contribution in [0.15, 0.2) is 40.7 Å². The predicted molar refractivity (Wildman–Crippen MR) is 86.7 cm³/mol. The molecular formula is C15H14N2OS2. The van der Waals surface area contributed by atoms with Crippen molar-refractivity contribution in [2.24, 2.45) is 4.99 Å². The quantitative estimate of drug-likeness (QED) is 0.921. The third-order valence-corrected chi connectivity index (χ3v) is 4.84. The van der Waals surface area contributed by atoms with Crippen LogP contribution in [0.25, 0.3) is 11.1 Å². The van der Waals surface area contributed by atoms with Crippen molar-refractivity contribution in [1.82, 2.24) is 5.32 Å². The maximum Gasteiger partial charge on any atom is 0.267 e. The fourth-order valence-electron chi connectivity index (χ4n) is 2.01. The Morgan fingerprint density at radius 2 is 2.05 bits per heavy atom. The summed E-state index contributed by atoms with van der Waals surface area (Å²) < 4.78 is 0. The van der Waals surface area contributed by atoms with Crippen LogP contribution in [0.1, 0.15) is 15.2 Å². The average molecular weight is 302 g/mol. The molecule has 1 aliphatic rings. The van der Waals surface area contributed by atoms with Crippen molar-refractivity contribution < 1.29 is 4.79 Å². The number of nitrogens with one attached hydrogen (secondary N) is 1. The zero-order chi connectivity index (χ0) is 13.9. The summed E-state index contributed by atoms with van der Waals surface area (Å²) in [5, 5.41) is 5.57. The molecule has 102 valence electrons. The van der Waals surface area contributed by atoms with Crippen LogP contribution < -0.4 is 5.32 Å². The number of aryl methyl sites for hydroxylation is 1. The van der Waals surface area contributed by atoms with Gasteiger partial charge in [-0.3, -0.25) is 9.79 Å². The molecule has 0 unspecified atom stereocenters. The van der Waals surface area contributed by atoms with Crippen LogP contribution in [-0.4, -0.2) is 23.4 Å². The van der Waals surface area contributed by atoms with Crippen LogP contribution in [0.5, 0.6) is 0 Å². The van der Waals surface area contributed by atoms with Gasteiger partial charge in [0.15, 0.2) is 5.17 Å². The second-order valence-corrected chi connectivity index (χ2v) is 6.52. The number of carbonyl (C=O) groups is 1. The van der Waals surface area contributed by atoms with Crippen molar-refractivity contribution in [3.05, 3.63) is 46.2 Å². The molecule has 0 saturated carbocycles. The number of rotatable bonds is 2. The van der Waals surface area contributed by atoms with Crippen molar-refractivity contribution >= 4 is 34.2 Å². The molecule has 2 heterocycles. The summed E-state index contributed by atoms with van der Waals surface area (Å²) in [4.78, 5) is 17.3. The van der Waals surface area contributed by atoms with Gasteiger partial charge < -0.3 is 5.32 Å². The summed E-state index contributed by atoms with van der Waals surface area (Å²) >= 11 is 3.06. The molecule has 0 atom stereocenters. The van der Waals surface area contributed by atoms with E-state index in [1.165, 1.54) is 16.9 Å². The van der Waals surface area contributed by atoms with Gasteiger partial charge in [0, 0.05) is 11.3 Å². The fourth-order valence-corrected chi connectivity index (χ4v) is 3.54. The van der Waals surface area contributed by atoms with Gasteiger partial charge in [-0.25, -0.2) is 0 Å². The standard InChI is InChI=1S/C15H14N2OS2/c1-10-2-4-11(5-3-10)12-6-8-19-13(12)14(18)17-15-16-7-9-20-15/h2-6,8H,7,9H2,1H3,(H,16,17,18). The molecule has 2 aromatic rings. The number of carbonyl (C=O) groups excluding carboxylic acids is 1. The average Bonchev–Trinajstić information content (AvgIpc) is 3.10. The lowest BCUT2D eigenvalue weighted by Gasteiger charge is -2.06. The number of benzene rings is 1. The van der Waals surface area contributed by atoms with Crippen LogP contribution in [-0.2, 0) is 0 Å². The van der Waals surface area contributed by atoms with Gasteiger partial charge in [0.1, 0.15) is 4.88 Å². The molecule has 0 saturated heterocycles. The second kappa shape index (κ2) is 5.81. The Hall–Kier alpha value is -1.59. The lowest BCUT2D eigenvalue weighted by atomic mass is 10.0. The number of thioether (sulfide) groups is 1. The van der Waals surface area contributed by atoms with E-state index in [0.717, 1.165) is 33.5 Å². The highest BCUT2D eigenvalue weighted by molar-refractivity contribution is 8.14. The number of thiophene rings is 1. The van der Waals surface area contributed by atoms with E-state index in [4.69, 9.17) is 0 Å². The maximum atomic E-state index is 12.3. The van der Waals surface area contributed by atoms with E-state index in [0.29, 0.717) is 0 Å². The van der Waals surface area contributed by atoms with E-state index in [1.54, 1.807) is 11.8 Å². The van der Waals surface area contributed by atoms with E-state index in [-0.39, 0.29) is 5.91 Å². The lowest BCUT2D eigenvalue weighted by Crippen LogP contribution is -2.26. The van der Waals surface area contributed by atoms with Crippen molar-refractivity contribution in [2.45, 2.75) is 6.92 Å². The zero-order valence-electron chi connectivity index (χ0n) is 11.1. The Bertz CT molecular complexity index is 659. The second-order valence-electron chi connectivity index (χ2n) is 4.52.